The summed E-state index contributed by atoms with van der Waals surface area (Å²) < 4.78 is 11.4. The van der Waals surface area contributed by atoms with Crippen molar-refractivity contribution in [3.8, 4) is 22.8 Å². The minimum atomic E-state index is -0.338. The lowest BCUT2D eigenvalue weighted by molar-refractivity contribution is 0.0734. The Kier molecular flexibility index (Phi) is 13.5. The van der Waals surface area contributed by atoms with E-state index in [4.69, 9.17) is 9.47 Å². The summed E-state index contributed by atoms with van der Waals surface area (Å²) >= 11 is 0. The van der Waals surface area contributed by atoms with Gasteiger partial charge in [-0.25, -0.2) is 4.79 Å². The van der Waals surface area contributed by atoms with Crippen LogP contribution in [-0.4, -0.2) is 17.6 Å². The monoisotopic (exact) mass is 515 g/mol. The Balaban J connectivity index is 1.40. The normalized spacial score (nSPS) is 10.9. The topological polar surface area (TPSA) is 48.4 Å². The number of esters is 1. The fraction of sp³-hybridized carbons (Fsp3) is 0.471. The molecule has 38 heavy (non-hydrogen) atoms. The van der Waals surface area contributed by atoms with Gasteiger partial charge in [-0.15, -0.1) is 0 Å². The van der Waals surface area contributed by atoms with E-state index in [1.165, 1.54) is 76.2 Å². The highest BCUT2D eigenvalue weighted by Crippen LogP contribution is 2.23. The van der Waals surface area contributed by atoms with Gasteiger partial charge < -0.3 is 9.47 Å². The van der Waals surface area contributed by atoms with E-state index in [9.17, 15) is 4.79 Å². The Hall–Kier alpha value is -3.14. The molecule has 1 heterocycles. The van der Waals surface area contributed by atoms with Crippen LogP contribution in [0.2, 0.25) is 0 Å². The van der Waals surface area contributed by atoms with Crippen molar-refractivity contribution >= 4 is 5.97 Å². The van der Waals surface area contributed by atoms with E-state index in [2.05, 4.69) is 18.8 Å². The lowest BCUT2D eigenvalue weighted by atomic mass is 10.0. The Morgan fingerprint density at radius 2 is 1.26 bits per heavy atom. The van der Waals surface area contributed by atoms with Crippen LogP contribution in [-0.2, 0) is 6.42 Å². The van der Waals surface area contributed by atoms with Crippen molar-refractivity contribution < 1.29 is 14.3 Å². The molecule has 0 aliphatic heterocycles. The zero-order valence-corrected chi connectivity index (χ0v) is 23.4. The molecule has 0 N–H and O–H groups in total. The first-order chi connectivity index (χ1) is 18.7. The molecule has 1 aromatic heterocycles. The Labute approximate surface area is 229 Å². The van der Waals surface area contributed by atoms with Crippen molar-refractivity contribution in [3.05, 3.63) is 78.0 Å². The van der Waals surface area contributed by atoms with Gasteiger partial charge >= 0.3 is 5.97 Å². The van der Waals surface area contributed by atoms with Gasteiger partial charge in [-0.3, -0.25) is 4.98 Å². The third-order valence-electron chi connectivity index (χ3n) is 6.87. The van der Waals surface area contributed by atoms with E-state index >= 15 is 0 Å². The second-order valence-corrected chi connectivity index (χ2v) is 10.1. The van der Waals surface area contributed by atoms with Crippen molar-refractivity contribution in [1.29, 1.82) is 0 Å². The number of hydrogen-bond donors (Lipinski definition) is 0. The van der Waals surface area contributed by atoms with Crippen LogP contribution in [0.5, 0.6) is 11.5 Å². The quantitative estimate of drug-likeness (QED) is 0.0961. The van der Waals surface area contributed by atoms with Gasteiger partial charge in [0.05, 0.1) is 24.1 Å². The molecule has 0 saturated heterocycles. The second kappa shape index (κ2) is 17.4. The third-order valence-corrected chi connectivity index (χ3v) is 6.87. The van der Waals surface area contributed by atoms with Gasteiger partial charge in [0, 0.05) is 5.56 Å². The van der Waals surface area contributed by atoms with Gasteiger partial charge in [-0.1, -0.05) is 90.2 Å². The molecule has 0 atom stereocenters. The lowest BCUT2D eigenvalue weighted by Crippen LogP contribution is -2.08. The molecule has 3 aromatic rings. The fourth-order valence-corrected chi connectivity index (χ4v) is 4.49. The number of unbranched alkanes of at least 4 members (excludes halogenated alkanes) is 10. The molecule has 0 amide bonds. The first kappa shape index (κ1) is 29.4. The number of rotatable bonds is 18. The number of pyridine rings is 1. The predicted octanol–water partition coefficient (Wildman–Crippen LogP) is 9.61. The Morgan fingerprint density at radius 3 is 1.89 bits per heavy atom. The molecule has 2 aromatic carbocycles. The van der Waals surface area contributed by atoms with E-state index in [1.54, 1.807) is 6.20 Å². The summed E-state index contributed by atoms with van der Waals surface area (Å²) in [6, 6.07) is 19.2. The van der Waals surface area contributed by atoms with E-state index in [0.29, 0.717) is 11.3 Å². The molecule has 4 nitrogen and oxygen atoms in total. The van der Waals surface area contributed by atoms with Crippen LogP contribution in [0.1, 0.15) is 107 Å². The summed E-state index contributed by atoms with van der Waals surface area (Å²) in [5.41, 5.74) is 3.66. The maximum Gasteiger partial charge on any atom is 0.343 e. The Morgan fingerprint density at radius 1 is 0.658 bits per heavy atom. The minimum absolute atomic E-state index is 0.338. The standard InChI is InChI=1S/C34H45NO3/c1-3-5-7-9-10-11-12-13-15-28-16-18-30(19-17-28)34(36)38-31-22-20-29(21-23-31)33-25-24-32(27-35-33)37-26-14-8-6-4-2/h16-25,27H,3-15,26H2,1-2H3. The van der Waals surface area contributed by atoms with Crippen molar-refractivity contribution in [3.63, 3.8) is 0 Å². The molecule has 0 saturated carbocycles. The maximum atomic E-state index is 12.6. The van der Waals surface area contributed by atoms with Crippen LogP contribution < -0.4 is 9.47 Å². The first-order valence-electron chi connectivity index (χ1n) is 14.7. The van der Waals surface area contributed by atoms with Gasteiger partial charge in [-0.2, -0.15) is 0 Å². The SMILES string of the molecule is CCCCCCCCCCc1ccc(C(=O)Oc2ccc(-c3ccc(OCCCCCC)cn3)cc2)cc1. The molecule has 204 valence electrons. The smallest absolute Gasteiger partial charge is 0.343 e. The van der Waals surface area contributed by atoms with Gasteiger partial charge in [0.15, 0.2) is 0 Å². The van der Waals surface area contributed by atoms with E-state index in [1.807, 2.05) is 60.7 Å². The molecule has 0 spiro atoms. The van der Waals surface area contributed by atoms with Crippen molar-refractivity contribution in [2.24, 2.45) is 0 Å². The van der Waals surface area contributed by atoms with Gasteiger partial charge in [-0.05, 0) is 73.4 Å². The number of carbonyl (C=O) groups excluding carboxylic acids is 1. The number of benzene rings is 2. The maximum absolute atomic E-state index is 12.6. The van der Waals surface area contributed by atoms with E-state index in [-0.39, 0.29) is 5.97 Å². The van der Waals surface area contributed by atoms with Crippen LogP contribution in [0.3, 0.4) is 0 Å². The highest BCUT2D eigenvalue weighted by Gasteiger charge is 2.09. The highest BCUT2D eigenvalue weighted by atomic mass is 16.5. The van der Waals surface area contributed by atoms with Crippen molar-refractivity contribution in [2.75, 3.05) is 6.61 Å². The average Bonchev–Trinajstić information content (AvgIpc) is 2.95. The average molecular weight is 516 g/mol. The van der Waals surface area contributed by atoms with Crippen LogP contribution in [0.4, 0.5) is 0 Å². The number of aromatic nitrogens is 1. The number of aryl methyl sites for hydroxylation is 1. The van der Waals surface area contributed by atoms with Crippen LogP contribution in [0.15, 0.2) is 66.9 Å². The molecule has 0 aliphatic carbocycles. The van der Waals surface area contributed by atoms with Crippen LogP contribution in [0.25, 0.3) is 11.3 Å². The highest BCUT2D eigenvalue weighted by molar-refractivity contribution is 5.91. The van der Waals surface area contributed by atoms with Crippen molar-refractivity contribution in [2.45, 2.75) is 97.3 Å². The first-order valence-corrected chi connectivity index (χ1v) is 14.7. The van der Waals surface area contributed by atoms with Gasteiger partial charge in [0.25, 0.3) is 0 Å². The lowest BCUT2D eigenvalue weighted by Gasteiger charge is -2.08. The molecule has 3 rings (SSSR count). The number of hydrogen-bond acceptors (Lipinski definition) is 4. The number of carbonyl (C=O) groups is 1. The molecular weight excluding hydrogens is 470 g/mol. The molecule has 0 fully saturated rings. The second-order valence-electron chi connectivity index (χ2n) is 10.1. The zero-order chi connectivity index (χ0) is 26.8. The van der Waals surface area contributed by atoms with Gasteiger partial charge in [0.1, 0.15) is 11.5 Å². The summed E-state index contributed by atoms with van der Waals surface area (Å²) in [5.74, 6) is 0.975. The number of ether oxygens (including phenoxy) is 2. The third kappa shape index (κ3) is 10.7. The fourth-order valence-electron chi connectivity index (χ4n) is 4.49. The summed E-state index contributed by atoms with van der Waals surface area (Å²) in [5, 5.41) is 0. The Bertz CT molecular complexity index is 1040. The summed E-state index contributed by atoms with van der Waals surface area (Å²) in [6.45, 7) is 5.19. The molecule has 0 radical (unpaired) electrons. The summed E-state index contributed by atoms with van der Waals surface area (Å²) in [4.78, 5) is 17.1. The molecule has 0 aliphatic rings. The zero-order valence-electron chi connectivity index (χ0n) is 23.4. The van der Waals surface area contributed by atoms with E-state index in [0.717, 1.165) is 36.5 Å². The molecular formula is C34H45NO3. The molecule has 4 heteroatoms. The minimum Gasteiger partial charge on any atom is -0.492 e. The van der Waals surface area contributed by atoms with Crippen LogP contribution in [0, 0.1) is 0 Å². The van der Waals surface area contributed by atoms with E-state index < -0.39 is 0 Å². The summed E-state index contributed by atoms with van der Waals surface area (Å²) in [7, 11) is 0. The van der Waals surface area contributed by atoms with Crippen molar-refractivity contribution in [1.82, 2.24) is 4.98 Å². The number of nitrogens with zero attached hydrogens (tertiary/aromatic N) is 1. The van der Waals surface area contributed by atoms with Crippen LogP contribution >= 0.6 is 0 Å². The predicted molar refractivity (Wildman–Crippen MR) is 157 cm³/mol. The van der Waals surface area contributed by atoms with Gasteiger partial charge in [0.2, 0.25) is 0 Å². The summed E-state index contributed by atoms with van der Waals surface area (Å²) in [6.07, 6.45) is 18.1. The molecule has 0 bridgehead atoms. The largest absolute Gasteiger partial charge is 0.492 e. The molecule has 0 unspecified atom stereocenters.